The second-order valence-electron chi connectivity index (χ2n) is 5.27. The number of carbonyl (C=O) groups excluding carboxylic acids is 2. The highest BCUT2D eigenvalue weighted by Gasteiger charge is 2.08. The van der Waals surface area contributed by atoms with Crippen LogP contribution in [0.25, 0.3) is 0 Å². The van der Waals surface area contributed by atoms with Crippen molar-refractivity contribution in [3.05, 3.63) is 59.1 Å². The first-order valence-electron chi connectivity index (χ1n) is 8.12. The van der Waals surface area contributed by atoms with Crippen molar-refractivity contribution in [3.63, 3.8) is 0 Å². The maximum absolute atomic E-state index is 11.7. The molecule has 2 aromatic carbocycles. The first-order valence-corrected chi connectivity index (χ1v) is 9.90. The molecule has 0 heterocycles. The molecule has 0 bridgehead atoms. The molecule has 2 rings (SSSR count). The lowest BCUT2D eigenvalue weighted by Crippen LogP contribution is -2.30. The van der Waals surface area contributed by atoms with Crippen LogP contribution in [0.3, 0.4) is 0 Å². The van der Waals surface area contributed by atoms with Gasteiger partial charge in [0.1, 0.15) is 5.75 Å². The summed E-state index contributed by atoms with van der Waals surface area (Å²) in [7, 11) is 0. The van der Waals surface area contributed by atoms with Crippen molar-refractivity contribution in [1.29, 1.82) is 0 Å². The molecule has 1 amide bonds. The minimum atomic E-state index is -0.584. The van der Waals surface area contributed by atoms with Crippen LogP contribution in [0.15, 0.2) is 64.0 Å². The summed E-state index contributed by atoms with van der Waals surface area (Å²) in [4.78, 5) is 24.5. The van der Waals surface area contributed by atoms with Gasteiger partial charge in [-0.25, -0.2) is 4.79 Å². The summed E-state index contributed by atoms with van der Waals surface area (Å²) in [5, 5.41) is 2.73. The zero-order valence-corrected chi connectivity index (χ0v) is 16.6. The molecule has 0 saturated heterocycles. The van der Waals surface area contributed by atoms with Crippen molar-refractivity contribution in [3.8, 4) is 5.75 Å². The Morgan fingerprint density at radius 2 is 1.85 bits per heavy atom. The molecule has 0 aliphatic rings. The lowest BCUT2D eigenvalue weighted by atomic mass is 10.3. The van der Waals surface area contributed by atoms with Gasteiger partial charge in [-0.3, -0.25) is 4.79 Å². The second-order valence-corrected chi connectivity index (χ2v) is 7.36. The molecule has 0 spiro atoms. The van der Waals surface area contributed by atoms with Crippen LogP contribution in [-0.2, 0) is 14.3 Å². The Kier molecular flexibility index (Phi) is 9.06. The number of rotatable bonds is 10. The van der Waals surface area contributed by atoms with Gasteiger partial charge in [0.15, 0.2) is 13.2 Å². The van der Waals surface area contributed by atoms with Crippen LogP contribution in [0.1, 0.15) is 6.42 Å². The number of halogens is 1. The van der Waals surface area contributed by atoms with Gasteiger partial charge in [0.05, 0.1) is 0 Å². The molecule has 138 valence electrons. The monoisotopic (exact) mass is 437 g/mol. The molecule has 7 heteroatoms. The summed E-state index contributed by atoms with van der Waals surface area (Å²) in [5.74, 6) is 0.562. The largest absolute Gasteiger partial charge is 0.482 e. The maximum Gasteiger partial charge on any atom is 0.344 e. The average Bonchev–Trinajstić information content (AvgIpc) is 2.65. The summed E-state index contributed by atoms with van der Waals surface area (Å²) in [5.41, 5.74) is 0. The van der Waals surface area contributed by atoms with E-state index in [0.717, 1.165) is 16.6 Å². The van der Waals surface area contributed by atoms with E-state index in [-0.39, 0.29) is 19.1 Å². The first kappa shape index (κ1) is 20.3. The number of ether oxygens (including phenoxy) is 2. The average molecular weight is 438 g/mol. The SMILES string of the molecule is O=C(COC(=O)COc1cccc(Br)c1)NCCCSc1ccccc1. The highest BCUT2D eigenvalue weighted by Crippen LogP contribution is 2.18. The van der Waals surface area contributed by atoms with Crippen molar-refractivity contribution in [2.45, 2.75) is 11.3 Å². The van der Waals surface area contributed by atoms with Crippen LogP contribution in [-0.4, -0.2) is 37.4 Å². The predicted molar refractivity (Wildman–Crippen MR) is 105 cm³/mol. The third kappa shape index (κ3) is 8.40. The Balaban J connectivity index is 1.52. The number of thioether (sulfide) groups is 1. The molecule has 0 fully saturated rings. The van der Waals surface area contributed by atoms with Crippen LogP contribution >= 0.6 is 27.7 Å². The fourth-order valence-corrected chi connectivity index (χ4v) is 3.20. The number of hydrogen-bond donors (Lipinski definition) is 1. The Morgan fingerprint density at radius 3 is 2.62 bits per heavy atom. The van der Waals surface area contributed by atoms with Crippen molar-refractivity contribution in [1.82, 2.24) is 5.32 Å². The molecule has 0 aromatic heterocycles. The van der Waals surface area contributed by atoms with Crippen LogP contribution in [0.4, 0.5) is 0 Å². The smallest absolute Gasteiger partial charge is 0.344 e. The number of amides is 1. The third-order valence-electron chi connectivity index (χ3n) is 3.17. The quantitative estimate of drug-likeness (QED) is 0.349. The molecular formula is C19H20BrNO4S. The zero-order chi connectivity index (χ0) is 18.6. The number of nitrogens with one attached hydrogen (secondary N) is 1. The number of carbonyl (C=O) groups is 2. The van der Waals surface area contributed by atoms with E-state index in [4.69, 9.17) is 9.47 Å². The second kappa shape index (κ2) is 11.6. The van der Waals surface area contributed by atoms with Gasteiger partial charge < -0.3 is 14.8 Å². The van der Waals surface area contributed by atoms with Crippen LogP contribution in [0, 0.1) is 0 Å². The molecule has 0 atom stereocenters. The lowest BCUT2D eigenvalue weighted by Gasteiger charge is -2.08. The summed E-state index contributed by atoms with van der Waals surface area (Å²) in [6.45, 7) is 0.00864. The van der Waals surface area contributed by atoms with E-state index in [9.17, 15) is 9.59 Å². The first-order chi connectivity index (χ1) is 12.6. The van der Waals surface area contributed by atoms with Crippen LogP contribution < -0.4 is 10.1 Å². The molecule has 0 unspecified atom stereocenters. The van der Waals surface area contributed by atoms with Gasteiger partial charge in [0.2, 0.25) is 0 Å². The van der Waals surface area contributed by atoms with Crippen LogP contribution in [0.2, 0.25) is 0 Å². The van der Waals surface area contributed by atoms with Crippen molar-refractivity contribution >= 4 is 39.6 Å². The molecule has 0 aliphatic carbocycles. The van der Waals surface area contributed by atoms with Gasteiger partial charge >= 0.3 is 5.97 Å². The number of esters is 1. The van der Waals surface area contributed by atoms with E-state index in [1.807, 2.05) is 24.3 Å². The van der Waals surface area contributed by atoms with E-state index in [0.29, 0.717) is 12.3 Å². The predicted octanol–water partition coefficient (Wildman–Crippen LogP) is 3.67. The molecule has 1 N–H and O–H groups in total. The highest BCUT2D eigenvalue weighted by molar-refractivity contribution is 9.10. The Bertz CT molecular complexity index is 712. The maximum atomic E-state index is 11.7. The van der Waals surface area contributed by atoms with Crippen molar-refractivity contribution < 1.29 is 19.1 Å². The van der Waals surface area contributed by atoms with E-state index >= 15 is 0 Å². The van der Waals surface area contributed by atoms with Gasteiger partial charge in [-0.1, -0.05) is 40.2 Å². The number of hydrogen-bond acceptors (Lipinski definition) is 5. The Morgan fingerprint density at radius 1 is 1.04 bits per heavy atom. The fourth-order valence-electron chi connectivity index (χ4n) is 1.94. The normalized spacial score (nSPS) is 10.2. The molecule has 2 aromatic rings. The van der Waals surface area contributed by atoms with E-state index in [1.165, 1.54) is 4.90 Å². The van der Waals surface area contributed by atoms with Crippen molar-refractivity contribution in [2.24, 2.45) is 0 Å². The summed E-state index contributed by atoms with van der Waals surface area (Å²) >= 11 is 5.06. The molecule has 0 saturated carbocycles. The van der Waals surface area contributed by atoms with Crippen LogP contribution in [0.5, 0.6) is 5.75 Å². The minimum Gasteiger partial charge on any atom is -0.482 e. The summed E-state index contributed by atoms with van der Waals surface area (Å²) < 4.78 is 11.0. The van der Waals surface area contributed by atoms with E-state index in [2.05, 4.69) is 33.4 Å². The molecule has 0 radical (unpaired) electrons. The molecule has 5 nitrogen and oxygen atoms in total. The number of benzene rings is 2. The van der Waals surface area contributed by atoms with Gasteiger partial charge in [0, 0.05) is 15.9 Å². The minimum absolute atomic E-state index is 0.239. The molecule has 0 aliphatic heterocycles. The Hall–Kier alpha value is -1.99. The summed E-state index contributed by atoms with van der Waals surface area (Å²) in [6.07, 6.45) is 0.839. The van der Waals surface area contributed by atoms with Gasteiger partial charge in [-0.05, 0) is 42.5 Å². The van der Waals surface area contributed by atoms with Crippen molar-refractivity contribution in [2.75, 3.05) is 25.5 Å². The highest BCUT2D eigenvalue weighted by atomic mass is 79.9. The third-order valence-corrected chi connectivity index (χ3v) is 4.76. The lowest BCUT2D eigenvalue weighted by molar-refractivity contribution is -0.150. The standard InChI is InChI=1S/C19H20BrNO4S/c20-15-6-4-7-16(12-15)24-14-19(23)25-13-18(22)21-10-5-11-26-17-8-2-1-3-9-17/h1-4,6-9,12H,5,10-11,13-14H2,(H,21,22). The molecule has 26 heavy (non-hydrogen) atoms. The fraction of sp³-hybridized carbons (Fsp3) is 0.263. The zero-order valence-electron chi connectivity index (χ0n) is 14.2. The van der Waals surface area contributed by atoms with E-state index < -0.39 is 5.97 Å². The van der Waals surface area contributed by atoms with E-state index in [1.54, 1.807) is 30.0 Å². The Labute approximate surface area is 165 Å². The topological polar surface area (TPSA) is 64.6 Å². The van der Waals surface area contributed by atoms with Gasteiger partial charge in [-0.2, -0.15) is 0 Å². The van der Waals surface area contributed by atoms with Gasteiger partial charge in [0.25, 0.3) is 5.91 Å². The molecular weight excluding hydrogens is 418 g/mol. The van der Waals surface area contributed by atoms with Gasteiger partial charge in [-0.15, -0.1) is 11.8 Å². The summed E-state index contributed by atoms with van der Waals surface area (Å²) in [6, 6.07) is 17.2.